The second kappa shape index (κ2) is 4.42. The first kappa shape index (κ1) is 11.7. The van der Waals surface area contributed by atoms with Gasteiger partial charge in [0.1, 0.15) is 0 Å². The van der Waals surface area contributed by atoms with Crippen LogP contribution in [0.15, 0.2) is 27.6 Å². The summed E-state index contributed by atoms with van der Waals surface area (Å²) in [5, 5.41) is 0. The van der Waals surface area contributed by atoms with E-state index in [1.54, 1.807) is 19.1 Å². The highest BCUT2D eigenvalue weighted by atomic mass is 79.9. The first-order valence-corrected chi connectivity index (χ1v) is 6.51. The molecule has 0 heterocycles. The molecule has 1 aromatic rings. The number of rotatable bonds is 3. The Morgan fingerprint density at radius 3 is 2.64 bits per heavy atom. The molecule has 0 atom stereocenters. The summed E-state index contributed by atoms with van der Waals surface area (Å²) in [6.07, 6.45) is 0. The van der Waals surface area contributed by atoms with Crippen LogP contribution in [0.4, 0.5) is 0 Å². The van der Waals surface area contributed by atoms with Crippen molar-refractivity contribution in [3.8, 4) is 0 Å². The summed E-state index contributed by atoms with van der Waals surface area (Å²) in [7, 11) is -3.36. The number of hydrogen-bond donors (Lipinski definition) is 1. The number of aryl methyl sites for hydroxylation is 1. The minimum atomic E-state index is -3.36. The Labute approximate surface area is 92.7 Å². The highest BCUT2D eigenvalue weighted by Gasteiger charge is 2.15. The van der Waals surface area contributed by atoms with E-state index in [4.69, 9.17) is 0 Å². The van der Waals surface area contributed by atoms with Crippen molar-refractivity contribution in [1.82, 2.24) is 4.72 Å². The van der Waals surface area contributed by atoms with Crippen LogP contribution in [-0.4, -0.2) is 15.0 Å². The first-order chi connectivity index (χ1) is 6.47. The van der Waals surface area contributed by atoms with Crippen molar-refractivity contribution in [3.63, 3.8) is 0 Å². The molecule has 0 radical (unpaired) electrons. The fourth-order valence-corrected chi connectivity index (χ4v) is 3.17. The van der Waals surface area contributed by atoms with E-state index in [0.29, 0.717) is 15.9 Å². The molecule has 0 fully saturated rings. The molecule has 0 saturated heterocycles. The molecule has 5 heteroatoms. The predicted molar refractivity (Wildman–Crippen MR) is 59.7 cm³/mol. The zero-order chi connectivity index (χ0) is 10.8. The highest BCUT2D eigenvalue weighted by molar-refractivity contribution is 9.10. The van der Waals surface area contributed by atoms with E-state index in [0.717, 1.165) is 5.56 Å². The SMILES string of the molecule is CCNS(=O)(=O)c1cc(C)ccc1Br. The van der Waals surface area contributed by atoms with Gasteiger partial charge in [-0.3, -0.25) is 0 Å². The molecule has 0 aliphatic rings. The molecule has 0 spiro atoms. The quantitative estimate of drug-likeness (QED) is 0.919. The highest BCUT2D eigenvalue weighted by Crippen LogP contribution is 2.22. The number of hydrogen-bond acceptors (Lipinski definition) is 2. The first-order valence-electron chi connectivity index (χ1n) is 4.23. The van der Waals surface area contributed by atoms with E-state index in [2.05, 4.69) is 20.7 Å². The fraction of sp³-hybridized carbons (Fsp3) is 0.333. The fourth-order valence-electron chi connectivity index (χ4n) is 1.08. The van der Waals surface area contributed by atoms with Crippen LogP contribution in [0, 0.1) is 6.92 Å². The minimum absolute atomic E-state index is 0.291. The summed E-state index contributed by atoms with van der Waals surface area (Å²) >= 11 is 3.22. The normalized spacial score (nSPS) is 11.6. The lowest BCUT2D eigenvalue weighted by molar-refractivity contribution is 0.583. The van der Waals surface area contributed by atoms with Gasteiger partial charge in [0.05, 0.1) is 4.90 Å². The lowest BCUT2D eigenvalue weighted by Gasteiger charge is -2.07. The van der Waals surface area contributed by atoms with Gasteiger partial charge in [0.15, 0.2) is 0 Å². The maximum Gasteiger partial charge on any atom is 0.241 e. The lowest BCUT2D eigenvalue weighted by Crippen LogP contribution is -2.23. The van der Waals surface area contributed by atoms with Crippen LogP contribution in [0.3, 0.4) is 0 Å². The Balaban J connectivity index is 3.25. The van der Waals surface area contributed by atoms with Gasteiger partial charge < -0.3 is 0 Å². The van der Waals surface area contributed by atoms with Crippen LogP contribution < -0.4 is 4.72 Å². The molecule has 0 aliphatic carbocycles. The Bertz CT molecular complexity index is 428. The van der Waals surface area contributed by atoms with E-state index in [1.165, 1.54) is 0 Å². The molecular formula is C9H12BrNO2S. The number of nitrogens with one attached hydrogen (secondary N) is 1. The van der Waals surface area contributed by atoms with Crippen molar-refractivity contribution in [2.75, 3.05) is 6.54 Å². The van der Waals surface area contributed by atoms with Crippen LogP contribution in [-0.2, 0) is 10.0 Å². The third-order valence-corrected chi connectivity index (χ3v) is 4.25. The van der Waals surface area contributed by atoms with Crippen LogP contribution >= 0.6 is 15.9 Å². The maximum absolute atomic E-state index is 11.7. The van der Waals surface area contributed by atoms with Crippen LogP contribution in [0.1, 0.15) is 12.5 Å². The molecule has 1 rings (SSSR count). The van der Waals surface area contributed by atoms with E-state index in [-0.39, 0.29) is 0 Å². The van der Waals surface area contributed by atoms with Gasteiger partial charge in [0, 0.05) is 11.0 Å². The Morgan fingerprint density at radius 2 is 2.07 bits per heavy atom. The molecule has 0 amide bonds. The van der Waals surface area contributed by atoms with Crippen molar-refractivity contribution in [1.29, 1.82) is 0 Å². The molecule has 0 bridgehead atoms. The van der Waals surface area contributed by atoms with E-state index in [9.17, 15) is 8.42 Å². The molecule has 1 N–H and O–H groups in total. The second-order valence-corrected chi connectivity index (χ2v) is 5.52. The summed E-state index contributed by atoms with van der Waals surface area (Å²) in [5.41, 5.74) is 0.921. The van der Waals surface area contributed by atoms with E-state index < -0.39 is 10.0 Å². The summed E-state index contributed by atoms with van der Waals surface area (Å²) in [6.45, 7) is 4.00. The monoisotopic (exact) mass is 277 g/mol. The van der Waals surface area contributed by atoms with Crippen molar-refractivity contribution in [3.05, 3.63) is 28.2 Å². The third kappa shape index (κ3) is 2.56. The van der Waals surface area contributed by atoms with Crippen LogP contribution in [0.25, 0.3) is 0 Å². The van der Waals surface area contributed by atoms with Crippen molar-refractivity contribution in [2.24, 2.45) is 0 Å². The van der Waals surface area contributed by atoms with Gasteiger partial charge >= 0.3 is 0 Å². The Hall–Kier alpha value is -0.390. The molecular weight excluding hydrogens is 266 g/mol. The zero-order valence-electron chi connectivity index (χ0n) is 8.04. The van der Waals surface area contributed by atoms with Crippen LogP contribution in [0.5, 0.6) is 0 Å². The molecule has 0 unspecified atom stereocenters. The minimum Gasteiger partial charge on any atom is -0.211 e. The largest absolute Gasteiger partial charge is 0.241 e. The predicted octanol–water partition coefficient (Wildman–Crippen LogP) is 2.06. The second-order valence-electron chi connectivity index (χ2n) is 2.94. The summed E-state index contributed by atoms with van der Waals surface area (Å²) in [4.78, 5) is 0.291. The molecule has 0 saturated carbocycles. The lowest BCUT2D eigenvalue weighted by atomic mass is 10.2. The van der Waals surface area contributed by atoms with Crippen molar-refractivity contribution >= 4 is 26.0 Å². The molecule has 3 nitrogen and oxygen atoms in total. The van der Waals surface area contributed by atoms with Gasteiger partial charge in [-0.15, -0.1) is 0 Å². The molecule has 0 aliphatic heterocycles. The summed E-state index contributed by atoms with van der Waals surface area (Å²) in [6, 6.07) is 5.23. The number of halogens is 1. The summed E-state index contributed by atoms with van der Waals surface area (Å²) in [5.74, 6) is 0. The average molecular weight is 278 g/mol. The van der Waals surface area contributed by atoms with Gasteiger partial charge in [-0.1, -0.05) is 13.0 Å². The smallest absolute Gasteiger partial charge is 0.211 e. The van der Waals surface area contributed by atoms with E-state index >= 15 is 0 Å². The van der Waals surface area contributed by atoms with Gasteiger partial charge in [0.25, 0.3) is 0 Å². The molecule has 0 aromatic heterocycles. The van der Waals surface area contributed by atoms with Crippen molar-refractivity contribution in [2.45, 2.75) is 18.7 Å². The van der Waals surface area contributed by atoms with Crippen molar-refractivity contribution < 1.29 is 8.42 Å². The summed E-state index contributed by atoms with van der Waals surface area (Å²) < 4.78 is 26.4. The van der Waals surface area contributed by atoms with E-state index in [1.807, 2.05) is 13.0 Å². The third-order valence-electron chi connectivity index (χ3n) is 1.71. The Morgan fingerprint density at radius 1 is 1.43 bits per heavy atom. The number of benzene rings is 1. The van der Waals surface area contributed by atoms with Gasteiger partial charge in [-0.05, 0) is 40.5 Å². The molecule has 14 heavy (non-hydrogen) atoms. The average Bonchev–Trinajstić information content (AvgIpc) is 2.09. The maximum atomic E-state index is 11.7. The zero-order valence-corrected chi connectivity index (χ0v) is 10.4. The molecule has 1 aromatic carbocycles. The molecule has 78 valence electrons. The standard InChI is InChI=1S/C9H12BrNO2S/c1-3-11-14(12,13)9-6-7(2)4-5-8(9)10/h4-6,11H,3H2,1-2H3. The van der Waals surface area contributed by atoms with Gasteiger partial charge in [-0.2, -0.15) is 0 Å². The Kier molecular flexibility index (Phi) is 3.69. The van der Waals surface area contributed by atoms with Crippen LogP contribution in [0.2, 0.25) is 0 Å². The topological polar surface area (TPSA) is 46.2 Å². The van der Waals surface area contributed by atoms with Gasteiger partial charge in [-0.25, -0.2) is 13.1 Å². The number of sulfonamides is 1. The van der Waals surface area contributed by atoms with Gasteiger partial charge in [0.2, 0.25) is 10.0 Å².